The fourth-order valence-electron chi connectivity index (χ4n) is 2.53. The number of aryl methyl sites for hydroxylation is 1. The Morgan fingerprint density at radius 1 is 1.50 bits per heavy atom. The fraction of sp³-hybridized carbons (Fsp3) is 0.571. The number of carbonyl (C=O) groups is 1. The van der Waals surface area contributed by atoms with Crippen LogP contribution in [0.3, 0.4) is 0 Å². The van der Waals surface area contributed by atoms with Crippen molar-refractivity contribution in [3.8, 4) is 0 Å². The van der Waals surface area contributed by atoms with Gasteiger partial charge in [0, 0.05) is 18.3 Å². The zero-order valence-electron chi connectivity index (χ0n) is 10.9. The molecule has 1 atom stereocenters. The normalized spacial score (nSPS) is 19.9. The van der Waals surface area contributed by atoms with Crippen molar-refractivity contribution >= 4 is 17.5 Å². The molecule has 18 heavy (non-hydrogen) atoms. The topological polar surface area (TPSA) is 33.2 Å². The van der Waals surface area contributed by atoms with E-state index in [1.165, 1.54) is 6.42 Å². The van der Waals surface area contributed by atoms with E-state index < -0.39 is 0 Å². The number of rotatable bonds is 2. The molecular formula is C14H19ClN2O. The maximum Gasteiger partial charge on any atom is 0.257 e. The van der Waals surface area contributed by atoms with Gasteiger partial charge in [-0.3, -0.25) is 4.79 Å². The number of pyridine rings is 1. The lowest BCUT2D eigenvalue weighted by molar-refractivity contribution is 0.0608. The predicted molar refractivity (Wildman–Crippen MR) is 73.0 cm³/mol. The minimum absolute atomic E-state index is 0.0269. The van der Waals surface area contributed by atoms with Crippen molar-refractivity contribution in [3.05, 3.63) is 28.5 Å². The summed E-state index contributed by atoms with van der Waals surface area (Å²) >= 11 is 6.08. The maximum absolute atomic E-state index is 12.5. The third-order valence-corrected chi connectivity index (χ3v) is 3.87. The Labute approximate surface area is 113 Å². The molecule has 1 saturated heterocycles. The van der Waals surface area contributed by atoms with Gasteiger partial charge in [0.15, 0.2) is 0 Å². The Kier molecular flexibility index (Phi) is 4.23. The van der Waals surface area contributed by atoms with E-state index in [2.05, 4.69) is 11.9 Å². The molecule has 0 saturated carbocycles. The van der Waals surface area contributed by atoms with Gasteiger partial charge in [-0.05, 0) is 44.7 Å². The predicted octanol–water partition coefficient (Wildman–Crippen LogP) is 3.45. The molecule has 1 aromatic heterocycles. The van der Waals surface area contributed by atoms with Crippen LogP contribution in [0.4, 0.5) is 0 Å². The van der Waals surface area contributed by atoms with E-state index >= 15 is 0 Å². The SMILES string of the molecule is CCC1CCCCN1C(=O)c1ccc(C)nc1Cl. The Balaban J connectivity index is 2.24. The van der Waals surface area contributed by atoms with Crippen molar-refractivity contribution in [2.24, 2.45) is 0 Å². The Morgan fingerprint density at radius 2 is 2.28 bits per heavy atom. The van der Waals surface area contributed by atoms with Crippen molar-refractivity contribution in [2.45, 2.75) is 45.6 Å². The van der Waals surface area contributed by atoms with Crippen molar-refractivity contribution in [2.75, 3.05) is 6.54 Å². The first kappa shape index (κ1) is 13.3. The van der Waals surface area contributed by atoms with Gasteiger partial charge in [-0.1, -0.05) is 18.5 Å². The van der Waals surface area contributed by atoms with Crippen LogP contribution in [0.25, 0.3) is 0 Å². The fourth-order valence-corrected chi connectivity index (χ4v) is 2.81. The third kappa shape index (κ3) is 2.66. The van der Waals surface area contributed by atoms with Gasteiger partial charge >= 0.3 is 0 Å². The summed E-state index contributed by atoms with van der Waals surface area (Å²) in [6.45, 7) is 4.84. The van der Waals surface area contributed by atoms with Crippen LogP contribution in [-0.2, 0) is 0 Å². The van der Waals surface area contributed by atoms with Crippen molar-refractivity contribution in [1.29, 1.82) is 0 Å². The first-order valence-corrected chi connectivity index (χ1v) is 6.95. The van der Waals surface area contributed by atoms with Crippen molar-refractivity contribution in [1.82, 2.24) is 9.88 Å². The van der Waals surface area contributed by atoms with Crippen LogP contribution < -0.4 is 0 Å². The molecule has 1 aromatic rings. The van der Waals surface area contributed by atoms with Gasteiger partial charge in [0.2, 0.25) is 0 Å². The van der Waals surface area contributed by atoms with Gasteiger partial charge in [-0.25, -0.2) is 4.98 Å². The van der Waals surface area contributed by atoms with Crippen LogP contribution in [0.5, 0.6) is 0 Å². The number of likely N-dealkylation sites (tertiary alicyclic amines) is 1. The average molecular weight is 267 g/mol. The summed E-state index contributed by atoms with van der Waals surface area (Å²) in [5.74, 6) is 0.0269. The molecule has 0 radical (unpaired) electrons. The van der Waals surface area contributed by atoms with E-state index in [9.17, 15) is 4.79 Å². The first-order valence-electron chi connectivity index (χ1n) is 6.57. The lowest BCUT2D eigenvalue weighted by Gasteiger charge is -2.35. The number of carbonyl (C=O) groups excluding carboxylic acids is 1. The van der Waals surface area contributed by atoms with Crippen LogP contribution in [-0.4, -0.2) is 28.4 Å². The van der Waals surface area contributed by atoms with Crippen LogP contribution in [0.1, 0.15) is 48.7 Å². The summed E-state index contributed by atoms with van der Waals surface area (Å²) in [6.07, 6.45) is 4.39. The molecule has 0 bridgehead atoms. The van der Waals surface area contributed by atoms with Gasteiger partial charge in [0.1, 0.15) is 5.15 Å². The monoisotopic (exact) mass is 266 g/mol. The summed E-state index contributed by atoms with van der Waals surface area (Å²) in [5.41, 5.74) is 1.37. The number of amides is 1. The highest BCUT2D eigenvalue weighted by atomic mass is 35.5. The second-order valence-corrected chi connectivity index (χ2v) is 5.21. The number of hydrogen-bond acceptors (Lipinski definition) is 2. The van der Waals surface area contributed by atoms with Crippen molar-refractivity contribution < 1.29 is 4.79 Å². The first-order chi connectivity index (χ1) is 8.63. The number of nitrogens with zero attached hydrogens (tertiary/aromatic N) is 2. The average Bonchev–Trinajstić information content (AvgIpc) is 2.38. The molecule has 0 aromatic carbocycles. The number of aromatic nitrogens is 1. The highest BCUT2D eigenvalue weighted by Gasteiger charge is 2.27. The summed E-state index contributed by atoms with van der Waals surface area (Å²) < 4.78 is 0. The Morgan fingerprint density at radius 3 is 2.94 bits per heavy atom. The van der Waals surface area contributed by atoms with Gasteiger partial charge in [-0.2, -0.15) is 0 Å². The quantitative estimate of drug-likeness (QED) is 0.768. The van der Waals surface area contributed by atoms with E-state index in [1.807, 2.05) is 17.9 Å². The molecule has 0 spiro atoms. The molecule has 1 amide bonds. The van der Waals surface area contributed by atoms with E-state index in [0.717, 1.165) is 31.5 Å². The third-order valence-electron chi connectivity index (χ3n) is 3.58. The summed E-state index contributed by atoms with van der Waals surface area (Å²) in [5, 5.41) is 0.320. The molecule has 0 aliphatic carbocycles. The van der Waals surface area contributed by atoms with Gasteiger partial charge < -0.3 is 4.90 Å². The number of piperidine rings is 1. The standard InChI is InChI=1S/C14H19ClN2O/c1-3-11-6-4-5-9-17(11)14(18)12-8-7-10(2)16-13(12)15/h7-8,11H,3-6,9H2,1-2H3. The van der Waals surface area contributed by atoms with Gasteiger partial charge in [-0.15, -0.1) is 0 Å². The van der Waals surface area contributed by atoms with Crippen LogP contribution in [0, 0.1) is 6.92 Å². The molecular weight excluding hydrogens is 248 g/mol. The molecule has 1 unspecified atom stereocenters. The smallest absolute Gasteiger partial charge is 0.257 e. The van der Waals surface area contributed by atoms with E-state index in [4.69, 9.17) is 11.6 Å². The molecule has 0 N–H and O–H groups in total. The van der Waals surface area contributed by atoms with Gasteiger partial charge in [0.05, 0.1) is 5.56 Å². The zero-order valence-corrected chi connectivity index (χ0v) is 11.7. The minimum atomic E-state index is 0.0269. The summed E-state index contributed by atoms with van der Waals surface area (Å²) in [6, 6.07) is 3.97. The van der Waals surface area contributed by atoms with E-state index in [-0.39, 0.29) is 5.91 Å². The summed E-state index contributed by atoms with van der Waals surface area (Å²) in [7, 11) is 0. The second-order valence-electron chi connectivity index (χ2n) is 4.85. The molecule has 1 fully saturated rings. The zero-order chi connectivity index (χ0) is 13.1. The van der Waals surface area contributed by atoms with E-state index in [0.29, 0.717) is 16.8 Å². The van der Waals surface area contributed by atoms with Crippen LogP contribution in [0.2, 0.25) is 5.15 Å². The summed E-state index contributed by atoms with van der Waals surface area (Å²) in [4.78, 5) is 18.6. The molecule has 1 aliphatic rings. The molecule has 1 aliphatic heterocycles. The molecule has 3 nitrogen and oxygen atoms in total. The second kappa shape index (κ2) is 5.70. The molecule has 2 rings (SSSR count). The minimum Gasteiger partial charge on any atom is -0.336 e. The van der Waals surface area contributed by atoms with Crippen molar-refractivity contribution in [3.63, 3.8) is 0 Å². The Bertz CT molecular complexity index is 447. The van der Waals surface area contributed by atoms with E-state index in [1.54, 1.807) is 6.07 Å². The molecule has 2 heterocycles. The number of halogens is 1. The lowest BCUT2D eigenvalue weighted by Crippen LogP contribution is -2.43. The largest absolute Gasteiger partial charge is 0.336 e. The lowest BCUT2D eigenvalue weighted by atomic mass is 9.99. The van der Waals surface area contributed by atoms with Crippen LogP contribution >= 0.6 is 11.6 Å². The maximum atomic E-state index is 12.5. The highest BCUT2D eigenvalue weighted by molar-refractivity contribution is 6.32. The molecule has 98 valence electrons. The Hall–Kier alpha value is -1.09. The van der Waals surface area contributed by atoms with Gasteiger partial charge in [0.25, 0.3) is 5.91 Å². The van der Waals surface area contributed by atoms with Crippen LogP contribution in [0.15, 0.2) is 12.1 Å². The number of hydrogen-bond donors (Lipinski definition) is 0. The molecule has 4 heteroatoms. The highest BCUT2D eigenvalue weighted by Crippen LogP contribution is 2.24.